The van der Waals surface area contributed by atoms with Gasteiger partial charge in [-0.25, -0.2) is 0 Å². The highest BCUT2D eigenvalue weighted by atomic mass is 28.5. The Kier molecular flexibility index (Phi) is 15.6. The first-order chi connectivity index (χ1) is 16.2. The van der Waals surface area contributed by atoms with Crippen molar-refractivity contribution < 1.29 is 31.0 Å². The van der Waals surface area contributed by atoms with Gasteiger partial charge in [0.1, 0.15) is 6.10 Å². The minimum absolute atomic E-state index is 0.0848. The molecular formula is C24H58O7Si5. The molecule has 0 aromatic rings. The maximum absolute atomic E-state index is 10.3. The summed E-state index contributed by atoms with van der Waals surface area (Å²) in [6.07, 6.45) is 1.30. The molecule has 216 valence electrons. The second-order valence-electron chi connectivity index (χ2n) is 12.1. The lowest BCUT2D eigenvalue weighted by Gasteiger charge is -2.45. The molecular weight excluding hydrogens is 541 g/mol. The fraction of sp³-hybridized carbons (Fsp3) is 0.917. The molecule has 7 nitrogen and oxygen atoms in total. The SMILES string of the molecule is C=C(C)COC(OC(CC)C(CCC)[Si](C)(C)O[Si](C)(C)O[Si](C)(C)O[Si](C)(C)O[SiH](C)C)C(C)O. The van der Waals surface area contributed by atoms with Crippen LogP contribution in [0.2, 0.25) is 71.0 Å². The monoisotopic (exact) mass is 598 g/mol. The molecule has 0 aliphatic heterocycles. The molecule has 0 aromatic carbocycles. The third-order valence-corrected chi connectivity index (χ3v) is 24.1. The van der Waals surface area contributed by atoms with Gasteiger partial charge in [0.25, 0.3) is 0 Å². The highest BCUT2D eigenvalue weighted by molar-refractivity contribution is 6.89. The van der Waals surface area contributed by atoms with Gasteiger partial charge in [0.15, 0.2) is 23.6 Å². The molecule has 0 saturated carbocycles. The Balaban J connectivity index is 5.69. The van der Waals surface area contributed by atoms with E-state index in [0.717, 1.165) is 24.8 Å². The Morgan fingerprint density at radius 3 is 1.81 bits per heavy atom. The molecule has 0 spiro atoms. The topological polar surface area (TPSA) is 75.6 Å². The van der Waals surface area contributed by atoms with Gasteiger partial charge in [0.2, 0.25) is 0 Å². The minimum atomic E-state index is -2.53. The minimum Gasteiger partial charge on any atom is -0.440 e. The summed E-state index contributed by atoms with van der Waals surface area (Å²) in [4.78, 5) is 0. The molecule has 0 radical (unpaired) electrons. The van der Waals surface area contributed by atoms with Gasteiger partial charge in [-0.1, -0.05) is 32.4 Å². The van der Waals surface area contributed by atoms with Crippen LogP contribution in [0.5, 0.6) is 0 Å². The van der Waals surface area contributed by atoms with Crippen molar-refractivity contribution in [3.8, 4) is 0 Å². The number of hydrogen-bond donors (Lipinski definition) is 1. The Morgan fingerprint density at radius 1 is 0.889 bits per heavy atom. The number of aliphatic hydroxyl groups is 1. The van der Waals surface area contributed by atoms with Crippen LogP contribution in [-0.2, 0) is 25.9 Å². The van der Waals surface area contributed by atoms with Crippen molar-refractivity contribution in [3.63, 3.8) is 0 Å². The van der Waals surface area contributed by atoms with Gasteiger partial charge in [0, 0.05) is 5.54 Å². The predicted octanol–water partition coefficient (Wildman–Crippen LogP) is 6.61. The van der Waals surface area contributed by atoms with Crippen molar-refractivity contribution in [2.75, 3.05) is 6.61 Å². The zero-order valence-electron chi connectivity index (χ0n) is 25.8. The van der Waals surface area contributed by atoms with E-state index < -0.39 is 55.4 Å². The van der Waals surface area contributed by atoms with Gasteiger partial charge in [0.05, 0.1) is 12.7 Å². The first-order valence-corrected chi connectivity index (χ1v) is 27.8. The van der Waals surface area contributed by atoms with Gasteiger partial charge in [-0.3, -0.25) is 0 Å². The molecule has 0 aliphatic rings. The molecule has 0 aliphatic carbocycles. The van der Waals surface area contributed by atoms with Crippen molar-refractivity contribution in [2.45, 2.75) is 136 Å². The van der Waals surface area contributed by atoms with Crippen LogP contribution < -0.4 is 0 Å². The van der Waals surface area contributed by atoms with E-state index in [1.807, 2.05) is 6.92 Å². The van der Waals surface area contributed by atoms with E-state index in [9.17, 15) is 5.11 Å². The fourth-order valence-corrected chi connectivity index (χ4v) is 28.6. The average Bonchev–Trinajstić information content (AvgIpc) is 2.62. The normalized spacial score (nSPS) is 17.2. The molecule has 0 fully saturated rings. The van der Waals surface area contributed by atoms with Crippen molar-refractivity contribution in [2.24, 2.45) is 0 Å². The summed E-state index contributed by atoms with van der Waals surface area (Å²) in [5, 5.41) is 10.3. The summed E-state index contributed by atoms with van der Waals surface area (Å²) in [5.74, 6) is 0. The van der Waals surface area contributed by atoms with Crippen LogP contribution in [0, 0.1) is 0 Å². The first-order valence-electron chi connectivity index (χ1n) is 13.5. The Labute approximate surface area is 228 Å². The second-order valence-corrected chi connectivity index (χ2v) is 30.0. The predicted molar refractivity (Wildman–Crippen MR) is 163 cm³/mol. The molecule has 4 unspecified atom stereocenters. The quantitative estimate of drug-likeness (QED) is 0.102. The average molecular weight is 599 g/mol. The van der Waals surface area contributed by atoms with Gasteiger partial charge in [-0.2, -0.15) is 0 Å². The fourth-order valence-electron chi connectivity index (χ4n) is 4.98. The third-order valence-electron chi connectivity index (χ3n) is 5.55. The van der Waals surface area contributed by atoms with E-state index in [1.165, 1.54) is 0 Å². The van der Waals surface area contributed by atoms with Crippen molar-refractivity contribution >= 4 is 43.0 Å². The lowest BCUT2D eigenvalue weighted by atomic mass is 10.1. The Hall–Kier alpha value is 0.544. The van der Waals surface area contributed by atoms with E-state index in [4.69, 9.17) is 25.9 Å². The molecule has 12 heteroatoms. The van der Waals surface area contributed by atoms with Crippen LogP contribution in [0.3, 0.4) is 0 Å². The van der Waals surface area contributed by atoms with Gasteiger partial charge in [-0.15, -0.1) is 0 Å². The van der Waals surface area contributed by atoms with E-state index in [-0.39, 0.29) is 11.6 Å². The van der Waals surface area contributed by atoms with Crippen molar-refractivity contribution in [1.29, 1.82) is 0 Å². The van der Waals surface area contributed by atoms with Gasteiger partial charge >= 0.3 is 25.7 Å². The lowest BCUT2D eigenvalue weighted by Crippen LogP contribution is -2.59. The number of ether oxygens (including phenoxy) is 2. The molecule has 0 amide bonds. The smallest absolute Gasteiger partial charge is 0.314 e. The standard InChI is InChI=1S/C24H58O7Si5/c1-16-18-23(22(17-2)27-24(21(5)25)26-19-20(3)4)33(8,9)29-35(12,13)31-36(14,15)30-34(10,11)28-32(6)7/h21-25,32H,3,16-19H2,1-2,4-15H3. The molecule has 4 atom stereocenters. The van der Waals surface area contributed by atoms with Gasteiger partial charge in [-0.05, 0) is 92.2 Å². The molecule has 36 heavy (non-hydrogen) atoms. The van der Waals surface area contributed by atoms with Crippen LogP contribution in [0.1, 0.15) is 47.0 Å². The third kappa shape index (κ3) is 14.6. The Morgan fingerprint density at radius 2 is 1.39 bits per heavy atom. The molecule has 0 heterocycles. The van der Waals surface area contributed by atoms with Crippen LogP contribution in [0.25, 0.3) is 0 Å². The molecule has 0 saturated heterocycles. The highest BCUT2D eigenvalue weighted by Gasteiger charge is 2.48. The molecule has 0 bridgehead atoms. The maximum Gasteiger partial charge on any atom is 0.314 e. The van der Waals surface area contributed by atoms with E-state index >= 15 is 0 Å². The van der Waals surface area contributed by atoms with Crippen LogP contribution in [0.15, 0.2) is 12.2 Å². The number of rotatable bonds is 19. The summed E-state index contributed by atoms with van der Waals surface area (Å²) >= 11 is 0. The summed E-state index contributed by atoms with van der Waals surface area (Å²) < 4.78 is 38.8. The zero-order valence-corrected chi connectivity index (χ0v) is 31.0. The number of aliphatic hydroxyl groups excluding tert-OH is 1. The van der Waals surface area contributed by atoms with E-state index in [1.54, 1.807) is 6.92 Å². The Bertz CT molecular complexity index is 657. The molecule has 0 rings (SSSR count). The summed E-state index contributed by atoms with van der Waals surface area (Å²) in [7, 11) is -10.7. The van der Waals surface area contributed by atoms with Gasteiger partial charge < -0.3 is 31.0 Å². The van der Waals surface area contributed by atoms with Crippen LogP contribution >= 0.6 is 0 Å². The van der Waals surface area contributed by atoms with Crippen molar-refractivity contribution in [3.05, 3.63) is 12.2 Å². The highest BCUT2D eigenvalue weighted by Crippen LogP contribution is 2.38. The summed E-state index contributed by atoms with van der Waals surface area (Å²) in [6, 6.07) is 0. The molecule has 1 N–H and O–H groups in total. The van der Waals surface area contributed by atoms with E-state index in [0.29, 0.717) is 6.61 Å². The largest absolute Gasteiger partial charge is 0.440 e. The number of hydrogen-bond acceptors (Lipinski definition) is 7. The summed E-state index contributed by atoms with van der Waals surface area (Å²) in [6.45, 7) is 33.8. The van der Waals surface area contributed by atoms with Crippen molar-refractivity contribution in [1.82, 2.24) is 0 Å². The molecule has 0 aromatic heterocycles. The lowest BCUT2D eigenvalue weighted by molar-refractivity contribution is -0.210. The van der Waals surface area contributed by atoms with E-state index in [2.05, 4.69) is 85.9 Å². The zero-order chi connectivity index (χ0) is 28.5. The van der Waals surface area contributed by atoms with Crippen LogP contribution in [0.4, 0.5) is 0 Å². The maximum atomic E-state index is 10.3. The second kappa shape index (κ2) is 15.4. The summed E-state index contributed by atoms with van der Waals surface area (Å²) in [5.41, 5.74) is 1.12. The van der Waals surface area contributed by atoms with Crippen LogP contribution in [-0.4, -0.2) is 73.3 Å². The first kappa shape index (κ1) is 36.5.